The first kappa shape index (κ1) is 18.0. The van der Waals surface area contributed by atoms with Crippen LogP contribution in [0.1, 0.15) is 18.6 Å². The number of carbonyl (C=O) groups excluding carboxylic acids is 1. The predicted octanol–water partition coefficient (Wildman–Crippen LogP) is 4.52. The number of nitrogens with zero attached hydrogens (tertiary/aromatic N) is 2. The van der Waals surface area contributed by atoms with Crippen molar-refractivity contribution in [3.63, 3.8) is 0 Å². The lowest BCUT2D eigenvalue weighted by Gasteiger charge is -2.19. The number of aryl methyl sites for hydroxylation is 1. The lowest BCUT2D eigenvalue weighted by Crippen LogP contribution is -2.20. The van der Waals surface area contributed by atoms with Gasteiger partial charge in [0.1, 0.15) is 5.75 Å². The van der Waals surface area contributed by atoms with Gasteiger partial charge in [0.05, 0.1) is 13.3 Å². The summed E-state index contributed by atoms with van der Waals surface area (Å²) in [5, 5.41) is 4.87. The second-order valence-electron chi connectivity index (χ2n) is 5.66. The van der Waals surface area contributed by atoms with E-state index in [4.69, 9.17) is 21.1 Å². The van der Waals surface area contributed by atoms with Crippen molar-refractivity contribution in [3.05, 3.63) is 71.5 Å². The van der Waals surface area contributed by atoms with E-state index >= 15 is 0 Å². The van der Waals surface area contributed by atoms with Crippen LogP contribution in [0.25, 0.3) is 11.1 Å². The zero-order chi connectivity index (χ0) is 18.5. The predicted molar refractivity (Wildman–Crippen MR) is 100 cm³/mol. The molecule has 0 saturated carbocycles. The number of methoxy groups -OCH3 is 1. The molecule has 0 N–H and O–H groups in total. The maximum atomic E-state index is 12.3. The van der Waals surface area contributed by atoms with E-state index in [1.807, 2.05) is 48.1 Å². The molecule has 134 valence electrons. The second-order valence-corrected chi connectivity index (χ2v) is 6.09. The molecule has 3 aromatic rings. The topological polar surface area (TPSA) is 53.4 Å². The van der Waals surface area contributed by atoms with Crippen LogP contribution >= 0.6 is 11.6 Å². The fraction of sp³-hybridized carbons (Fsp3) is 0.200. The summed E-state index contributed by atoms with van der Waals surface area (Å²) in [6, 6.07) is 14.5. The highest BCUT2D eigenvalue weighted by Gasteiger charge is 2.25. The van der Waals surface area contributed by atoms with E-state index in [9.17, 15) is 4.79 Å². The van der Waals surface area contributed by atoms with Crippen molar-refractivity contribution < 1.29 is 14.3 Å². The highest BCUT2D eigenvalue weighted by molar-refractivity contribution is 6.31. The fourth-order valence-electron chi connectivity index (χ4n) is 2.62. The van der Waals surface area contributed by atoms with E-state index in [-0.39, 0.29) is 0 Å². The SMILES string of the molecule is CCn1cc(-c2cc(Cl)ccc2OC(C(=O)OC)c2ccccc2)cn1. The molecule has 1 unspecified atom stereocenters. The highest BCUT2D eigenvalue weighted by atomic mass is 35.5. The Bertz CT molecular complexity index is 893. The average Bonchev–Trinajstić information content (AvgIpc) is 3.16. The molecular formula is C20H19ClN2O3. The summed E-state index contributed by atoms with van der Waals surface area (Å²) in [6.07, 6.45) is 2.79. The number of halogens is 1. The largest absolute Gasteiger partial charge is 0.473 e. The zero-order valence-electron chi connectivity index (χ0n) is 14.6. The first-order valence-electron chi connectivity index (χ1n) is 8.24. The summed E-state index contributed by atoms with van der Waals surface area (Å²) in [6.45, 7) is 2.76. The Balaban J connectivity index is 2.01. The Morgan fingerprint density at radius 1 is 1.23 bits per heavy atom. The quantitative estimate of drug-likeness (QED) is 0.599. The third-order valence-electron chi connectivity index (χ3n) is 3.97. The minimum absolute atomic E-state index is 0.471. The molecule has 0 bridgehead atoms. The fourth-order valence-corrected chi connectivity index (χ4v) is 2.79. The lowest BCUT2D eigenvalue weighted by molar-refractivity contribution is -0.149. The van der Waals surface area contributed by atoms with Crippen molar-refractivity contribution in [2.24, 2.45) is 0 Å². The van der Waals surface area contributed by atoms with E-state index < -0.39 is 12.1 Å². The molecule has 0 aliphatic rings. The van der Waals surface area contributed by atoms with Crippen LogP contribution in [0.5, 0.6) is 5.75 Å². The van der Waals surface area contributed by atoms with Crippen molar-refractivity contribution in [3.8, 4) is 16.9 Å². The third-order valence-corrected chi connectivity index (χ3v) is 4.21. The van der Waals surface area contributed by atoms with Gasteiger partial charge in [0, 0.05) is 34.5 Å². The molecule has 3 rings (SSSR count). The van der Waals surface area contributed by atoms with Gasteiger partial charge in [-0.25, -0.2) is 4.79 Å². The zero-order valence-corrected chi connectivity index (χ0v) is 15.3. The van der Waals surface area contributed by atoms with Gasteiger partial charge >= 0.3 is 5.97 Å². The normalized spacial score (nSPS) is 11.8. The Hall–Kier alpha value is -2.79. The number of benzene rings is 2. The van der Waals surface area contributed by atoms with Gasteiger partial charge in [-0.2, -0.15) is 5.10 Å². The molecular weight excluding hydrogens is 352 g/mol. The van der Waals surface area contributed by atoms with E-state index in [0.29, 0.717) is 16.3 Å². The number of hydrogen-bond donors (Lipinski definition) is 0. The second kappa shape index (κ2) is 8.06. The molecule has 0 fully saturated rings. The maximum absolute atomic E-state index is 12.3. The Morgan fingerprint density at radius 2 is 2.00 bits per heavy atom. The molecule has 26 heavy (non-hydrogen) atoms. The number of rotatable bonds is 6. The van der Waals surface area contributed by atoms with Crippen molar-refractivity contribution in [1.29, 1.82) is 0 Å². The monoisotopic (exact) mass is 370 g/mol. The van der Waals surface area contributed by atoms with Gasteiger partial charge in [0.15, 0.2) is 0 Å². The standard InChI is InChI=1S/C20H19ClN2O3/c1-3-23-13-15(12-22-23)17-11-16(21)9-10-18(17)26-19(20(24)25-2)14-7-5-4-6-8-14/h4-13,19H,3H2,1-2H3. The molecule has 0 amide bonds. The van der Waals surface area contributed by atoms with Crippen LogP contribution in [-0.4, -0.2) is 22.9 Å². The van der Waals surface area contributed by atoms with Crippen molar-refractivity contribution in [1.82, 2.24) is 9.78 Å². The Kier molecular flexibility index (Phi) is 5.58. The van der Waals surface area contributed by atoms with Crippen LogP contribution in [0.3, 0.4) is 0 Å². The van der Waals surface area contributed by atoms with E-state index in [1.54, 1.807) is 24.4 Å². The van der Waals surface area contributed by atoms with Crippen molar-refractivity contribution in [2.45, 2.75) is 19.6 Å². The van der Waals surface area contributed by atoms with Crippen molar-refractivity contribution >= 4 is 17.6 Å². The highest BCUT2D eigenvalue weighted by Crippen LogP contribution is 2.35. The maximum Gasteiger partial charge on any atom is 0.351 e. The molecule has 6 heteroatoms. The molecule has 2 aromatic carbocycles. The molecule has 5 nitrogen and oxygen atoms in total. The molecule has 0 saturated heterocycles. The van der Waals surface area contributed by atoms with Crippen LogP contribution in [0.15, 0.2) is 60.9 Å². The van der Waals surface area contributed by atoms with Crippen LogP contribution in [0.4, 0.5) is 0 Å². The summed E-state index contributed by atoms with van der Waals surface area (Å²) in [5.74, 6) is 0.0608. The average molecular weight is 371 g/mol. The Morgan fingerprint density at radius 3 is 2.65 bits per heavy atom. The van der Waals surface area contributed by atoms with Gasteiger partial charge in [-0.05, 0) is 25.1 Å². The minimum Gasteiger partial charge on any atom is -0.473 e. The third kappa shape index (κ3) is 3.89. The van der Waals surface area contributed by atoms with Gasteiger partial charge in [0.25, 0.3) is 0 Å². The van der Waals surface area contributed by atoms with Crippen LogP contribution in [0, 0.1) is 0 Å². The summed E-state index contributed by atoms with van der Waals surface area (Å²) < 4.78 is 12.8. The smallest absolute Gasteiger partial charge is 0.351 e. The molecule has 1 heterocycles. The summed E-state index contributed by atoms with van der Waals surface area (Å²) in [5.41, 5.74) is 2.34. The van der Waals surface area contributed by atoms with Gasteiger partial charge in [-0.15, -0.1) is 0 Å². The van der Waals surface area contributed by atoms with Gasteiger partial charge in [0.2, 0.25) is 6.10 Å². The van der Waals surface area contributed by atoms with E-state index in [1.165, 1.54) is 7.11 Å². The molecule has 0 spiro atoms. The Labute approximate surface area is 157 Å². The van der Waals surface area contributed by atoms with Crippen LogP contribution in [0.2, 0.25) is 5.02 Å². The number of carbonyl (C=O) groups is 1. The van der Waals surface area contributed by atoms with Gasteiger partial charge in [-0.1, -0.05) is 41.9 Å². The first-order valence-corrected chi connectivity index (χ1v) is 8.62. The molecule has 0 aliphatic carbocycles. The first-order chi connectivity index (χ1) is 12.6. The molecule has 0 aliphatic heterocycles. The molecule has 1 aromatic heterocycles. The van der Waals surface area contributed by atoms with Crippen molar-refractivity contribution in [2.75, 3.05) is 7.11 Å². The van der Waals surface area contributed by atoms with Gasteiger partial charge in [-0.3, -0.25) is 4.68 Å². The summed E-state index contributed by atoms with van der Waals surface area (Å²) >= 11 is 6.18. The minimum atomic E-state index is -0.873. The lowest BCUT2D eigenvalue weighted by atomic mass is 10.1. The number of ether oxygens (including phenoxy) is 2. The van der Waals surface area contributed by atoms with Gasteiger partial charge < -0.3 is 9.47 Å². The summed E-state index contributed by atoms with van der Waals surface area (Å²) in [7, 11) is 1.34. The molecule has 0 radical (unpaired) electrons. The number of aromatic nitrogens is 2. The number of hydrogen-bond acceptors (Lipinski definition) is 4. The van der Waals surface area contributed by atoms with E-state index in [2.05, 4.69) is 5.10 Å². The van der Waals surface area contributed by atoms with Crippen LogP contribution in [-0.2, 0) is 16.1 Å². The molecule has 1 atom stereocenters. The number of esters is 1. The van der Waals surface area contributed by atoms with E-state index in [0.717, 1.165) is 17.7 Å². The van der Waals surface area contributed by atoms with Crippen LogP contribution < -0.4 is 4.74 Å². The summed E-state index contributed by atoms with van der Waals surface area (Å²) in [4.78, 5) is 12.3.